The summed E-state index contributed by atoms with van der Waals surface area (Å²) in [5.74, 6) is 0.308. The molecule has 3 rings (SSSR count). The molecule has 0 radical (unpaired) electrons. The highest BCUT2D eigenvalue weighted by atomic mass is 32.2. The van der Waals surface area contributed by atoms with Crippen LogP contribution in [0.5, 0.6) is 5.75 Å². The Bertz CT molecular complexity index is 1030. The quantitative estimate of drug-likeness (QED) is 0.387. The number of nitro groups is 1. The van der Waals surface area contributed by atoms with Crippen molar-refractivity contribution in [3.8, 4) is 5.75 Å². The SMILES string of the molecule is C=C(C(=O)N1CCN(C(C)=O)CC1)c1ccc(Sc2ccccc2OC)c([N+](=O)[O-])c1. The van der Waals surface area contributed by atoms with Crippen molar-refractivity contribution >= 4 is 34.8 Å². The molecule has 0 aliphatic carbocycles. The molecule has 0 N–H and O–H groups in total. The highest BCUT2D eigenvalue weighted by Gasteiger charge is 2.26. The molecule has 1 fully saturated rings. The molecule has 0 spiro atoms. The van der Waals surface area contributed by atoms with Gasteiger partial charge in [-0.05, 0) is 23.8 Å². The highest BCUT2D eigenvalue weighted by molar-refractivity contribution is 7.99. The van der Waals surface area contributed by atoms with Crippen LogP contribution in [0.2, 0.25) is 0 Å². The minimum absolute atomic E-state index is 0.0234. The van der Waals surface area contributed by atoms with Crippen LogP contribution >= 0.6 is 11.8 Å². The normalized spacial score (nSPS) is 13.6. The molecule has 1 aliphatic rings. The number of benzene rings is 2. The summed E-state index contributed by atoms with van der Waals surface area (Å²) in [5.41, 5.74) is 0.479. The Balaban J connectivity index is 1.80. The van der Waals surface area contributed by atoms with Gasteiger partial charge in [-0.15, -0.1) is 0 Å². The predicted molar refractivity (Wildman–Crippen MR) is 118 cm³/mol. The van der Waals surface area contributed by atoms with E-state index in [-0.39, 0.29) is 23.1 Å². The molecule has 162 valence electrons. The average molecular weight is 442 g/mol. The standard InChI is InChI=1S/C22H23N3O5S/c1-15(22(27)24-12-10-23(11-13-24)16(2)26)17-8-9-20(18(14-17)25(28)29)31-21-7-5-4-6-19(21)30-3/h4-9,14H,1,10-13H2,2-3H3. The number of rotatable bonds is 6. The van der Waals surface area contributed by atoms with Crippen LogP contribution in [0, 0.1) is 10.1 Å². The summed E-state index contributed by atoms with van der Waals surface area (Å²) in [6.07, 6.45) is 0. The lowest BCUT2D eigenvalue weighted by atomic mass is 10.1. The van der Waals surface area contributed by atoms with E-state index >= 15 is 0 Å². The molecule has 2 aromatic rings. The second-order valence-electron chi connectivity index (χ2n) is 6.97. The van der Waals surface area contributed by atoms with Gasteiger partial charge in [-0.25, -0.2) is 0 Å². The Kier molecular flexibility index (Phi) is 6.96. The molecule has 2 amide bonds. The number of carbonyl (C=O) groups excluding carboxylic acids is 2. The summed E-state index contributed by atoms with van der Waals surface area (Å²) in [7, 11) is 1.54. The van der Waals surface area contributed by atoms with Crippen molar-refractivity contribution in [1.29, 1.82) is 0 Å². The van der Waals surface area contributed by atoms with Gasteiger partial charge in [0.05, 0.1) is 21.8 Å². The number of methoxy groups -OCH3 is 1. The van der Waals surface area contributed by atoms with Gasteiger partial charge >= 0.3 is 0 Å². The first-order valence-corrected chi connectivity index (χ1v) is 10.5. The van der Waals surface area contributed by atoms with E-state index in [0.717, 1.165) is 4.90 Å². The number of para-hydroxylation sites is 1. The largest absolute Gasteiger partial charge is 0.496 e. The second kappa shape index (κ2) is 9.65. The summed E-state index contributed by atoms with van der Waals surface area (Å²) in [6.45, 7) is 7.11. The predicted octanol–water partition coefficient (Wildman–Crippen LogP) is 3.46. The number of hydrogen-bond acceptors (Lipinski definition) is 6. The van der Waals surface area contributed by atoms with Crippen molar-refractivity contribution in [2.75, 3.05) is 33.3 Å². The zero-order valence-electron chi connectivity index (χ0n) is 17.4. The summed E-state index contributed by atoms with van der Waals surface area (Å²) in [6, 6.07) is 11.9. The smallest absolute Gasteiger partial charge is 0.283 e. The third-order valence-corrected chi connectivity index (χ3v) is 6.19. The number of nitrogens with zero attached hydrogens (tertiary/aromatic N) is 3. The van der Waals surface area contributed by atoms with Gasteiger partial charge in [0.15, 0.2) is 0 Å². The van der Waals surface area contributed by atoms with Gasteiger partial charge in [-0.3, -0.25) is 19.7 Å². The van der Waals surface area contributed by atoms with Gasteiger partial charge < -0.3 is 14.5 Å². The Morgan fingerprint density at radius 2 is 1.71 bits per heavy atom. The average Bonchev–Trinajstić information content (AvgIpc) is 2.78. The molecule has 31 heavy (non-hydrogen) atoms. The van der Waals surface area contributed by atoms with Crippen LogP contribution in [0.15, 0.2) is 58.8 Å². The summed E-state index contributed by atoms with van der Waals surface area (Å²) in [5, 5.41) is 11.7. The molecule has 0 bridgehead atoms. The van der Waals surface area contributed by atoms with Crippen molar-refractivity contribution in [3.63, 3.8) is 0 Å². The van der Waals surface area contributed by atoms with Crippen molar-refractivity contribution in [1.82, 2.24) is 9.80 Å². The second-order valence-corrected chi connectivity index (χ2v) is 8.05. The van der Waals surface area contributed by atoms with Gasteiger partial charge in [0.25, 0.3) is 11.6 Å². The van der Waals surface area contributed by atoms with Crippen molar-refractivity contribution in [3.05, 3.63) is 64.7 Å². The lowest BCUT2D eigenvalue weighted by molar-refractivity contribution is -0.387. The van der Waals surface area contributed by atoms with Gasteiger partial charge in [-0.1, -0.05) is 36.5 Å². The van der Waals surface area contributed by atoms with E-state index in [9.17, 15) is 19.7 Å². The molecular weight excluding hydrogens is 418 g/mol. The van der Waals surface area contributed by atoms with Crippen molar-refractivity contribution < 1.29 is 19.2 Å². The Morgan fingerprint density at radius 1 is 1.06 bits per heavy atom. The summed E-state index contributed by atoms with van der Waals surface area (Å²) < 4.78 is 5.32. The monoisotopic (exact) mass is 441 g/mol. The Morgan fingerprint density at radius 3 is 2.32 bits per heavy atom. The molecule has 2 aromatic carbocycles. The van der Waals surface area contributed by atoms with Crippen molar-refractivity contribution in [2.45, 2.75) is 16.7 Å². The molecule has 9 heteroatoms. The van der Waals surface area contributed by atoms with Crippen LogP contribution in [0.3, 0.4) is 0 Å². The summed E-state index contributed by atoms with van der Waals surface area (Å²) >= 11 is 1.22. The van der Waals surface area contributed by atoms with Crippen LogP contribution in [-0.2, 0) is 9.59 Å². The third-order valence-electron chi connectivity index (χ3n) is 5.06. The summed E-state index contributed by atoms with van der Waals surface area (Å²) in [4.78, 5) is 40.0. The Labute approximate surface area is 184 Å². The number of piperazine rings is 1. The molecule has 0 unspecified atom stereocenters. The lowest BCUT2D eigenvalue weighted by Gasteiger charge is -2.34. The maximum absolute atomic E-state index is 12.8. The number of carbonyl (C=O) groups is 2. The number of amides is 2. The van der Waals surface area contributed by atoms with Crippen LogP contribution < -0.4 is 4.74 Å². The zero-order valence-corrected chi connectivity index (χ0v) is 18.2. The number of hydrogen-bond donors (Lipinski definition) is 0. The highest BCUT2D eigenvalue weighted by Crippen LogP contribution is 2.40. The van der Waals surface area contributed by atoms with E-state index in [1.165, 1.54) is 24.8 Å². The van der Waals surface area contributed by atoms with Gasteiger partial charge in [-0.2, -0.15) is 0 Å². The van der Waals surface area contributed by atoms with E-state index in [2.05, 4.69) is 6.58 Å². The lowest BCUT2D eigenvalue weighted by Crippen LogP contribution is -2.50. The van der Waals surface area contributed by atoms with Crippen LogP contribution in [-0.4, -0.2) is 59.8 Å². The molecule has 1 heterocycles. The molecule has 0 atom stereocenters. The first kappa shape index (κ1) is 22.4. The fourth-order valence-electron chi connectivity index (χ4n) is 3.29. The van der Waals surface area contributed by atoms with Crippen LogP contribution in [0.25, 0.3) is 5.57 Å². The van der Waals surface area contributed by atoms with Gasteiger partial charge in [0.2, 0.25) is 5.91 Å². The Hall–Kier alpha value is -3.33. The maximum Gasteiger partial charge on any atom is 0.283 e. The number of ether oxygens (including phenoxy) is 1. The molecule has 0 aromatic heterocycles. The minimum atomic E-state index is -0.468. The first-order valence-electron chi connectivity index (χ1n) is 9.65. The maximum atomic E-state index is 12.8. The molecule has 1 saturated heterocycles. The van der Waals surface area contributed by atoms with E-state index < -0.39 is 4.92 Å². The molecule has 1 aliphatic heterocycles. The zero-order chi connectivity index (χ0) is 22.5. The van der Waals surface area contributed by atoms with Crippen LogP contribution in [0.4, 0.5) is 5.69 Å². The van der Waals surface area contributed by atoms with E-state index in [4.69, 9.17) is 4.74 Å². The van der Waals surface area contributed by atoms with Gasteiger partial charge in [0.1, 0.15) is 5.75 Å². The van der Waals surface area contributed by atoms with Crippen LogP contribution in [0.1, 0.15) is 12.5 Å². The molecule has 8 nitrogen and oxygen atoms in total. The fourth-order valence-corrected chi connectivity index (χ4v) is 4.30. The number of nitro benzene ring substituents is 1. The van der Waals surface area contributed by atoms with E-state index in [1.54, 1.807) is 35.1 Å². The fraction of sp³-hybridized carbons (Fsp3) is 0.273. The minimum Gasteiger partial charge on any atom is -0.496 e. The first-order chi connectivity index (χ1) is 14.8. The molecular formula is C22H23N3O5S. The topological polar surface area (TPSA) is 93.0 Å². The third kappa shape index (κ3) is 5.05. The van der Waals surface area contributed by atoms with E-state index in [0.29, 0.717) is 42.4 Å². The van der Waals surface area contributed by atoms with E-state index in [1.807, 2.05) is 18.2 Å². The van der Waals surface area contributed by atoms with Crippen molar-refractivity contribution in [2.24, 2.45) is 0 Å². The molecule has 0 saturated carbocycles. The van der Waals surface area contributed by atoms with Gasteiger partial charge in [0, 0.05) is 44.7 Å².